The Balaban J connectivity index is 2.17. The molecule has 5 nitrogen and oxygen atoms in total. The fraction of sp³-hybridized carbons (Fsp3) is 0.692. The molecule has 1 saturated carbocycles. The summed E-state index contributed by atoms with van der Waals surface area (Å²) in [5.41, 5.74) is -0.510. The van der Waals surface area contributed by atoms with E-state index in [9.17, 15) is 14.7 Å². The molecule has 1 spiro atoms. The van der Waals surface area contributed by atoms with Crippen molar-refractivity contribution in [3.63, 3.8) is 0 Å². The van der Waals surface area contributed by atoms with Crippen LogP contribution in [0.5, 0.6) is 0 Å². The standard InChI is InChI=1S/C13H19NO4/c1-2-9-18-12(17)14-8-5-10(11(15)16)13(14)6-3-4-7-13/h2,10H,1,3-9H2,(H,15,16). The van der Waals surface area contributed by atoms with Crippen LogP contribution in [0.1, 0.15) is 32.1 Å². The maximum atomic E-state index is 12.0. The number of carboxylic acids is 1. The number of hydrogen-bond acceptors (Lipinski definition) is 3. The summed E-state index contributed by atoms with van der Waals surface area (Å²) in [5, 5.41) is 9.32. The van der Waals surface area contributed by atoms with Crippen LogP contribution in [0.15, 0.2) is 12.7 Å². The van der Waals surface area contributed by atoms with Crippen LogP contribution < -0.4 is 0 Å². The number of nitrogens with zero attached hydrogens (tertiary/aromatic N) is 1. The zero-order valence-electron chi connectivity index (χ0n) is 10.4. The average molecular weight is 253 g/mol. The molecule has 1 aliphatic heterocycles. The quantitative estimate of drug-likeness (QED) is 0.781. The second-order valence-corrected chi connectivity index (χ2v) is 5.01. The number of carbonyl (C=O) groups excluding carboxylic acids is 1. The summed E-state index contributed by atoms with van der Waals surface area (Å²) in [6.07, 6.45) is 5.15. The van der Waals surface area contributed by atoms with Crippen molar-refractivity contribution in [1.82, 2.24) is 4.90 Å². The van der Waals surface area contributed by atoms with Gasteiger partial charge in [0.1, 0.15) is 6.61 Å². The molecule has 100 valence electrons. The molecule has 2 rings (SSSR count). The summed E-state index contributed by atoms with van der Waals surface area (Å²) in [4.78, 5) is 25.0. The third-order valence-electron chi connectivity index (χ3n) is 4.14. The SMILES string of the molecule is C=CCOC(=O)N1CCC(C(=O)O)C12CCCC2. The predicted octanol–water partition coefficient (Wildman–Crippen LogP) is 2.03. The monoisotopic (exact) mass is 253 g/mol. The van der Waals surface area contributed by atoms with Gasteiger partial charge in [0.15, 0.2) is 0 Å². The number of carbonyl (C=O) groups is 2. The van der Waals surface area contributed by atoms with Crippen LogP contribution in [0.4, 0.5) is 4.79 Å². The molecule has 1 aliphatic carbocycles. The number of carboxylic acid groups (broad SMARTS) is 1. The van der Waals surface area contributed by atoms with Crippen LogP contribution in [-0.2, 0) is 9.53 Å². The Morgan fingerprint density at radius 3 is 2.67 bits per heavy atom. The molecule has 18 heavy (non-hydrogen) atoms. The Bertz CT molecular complexity index is 360. The lowest BCUT2D eigenvalue weighted by atomic mass is 9.83. The minimum absolute atomic E-state index is 0.170. The number of hydrogen-bond donors (Lipinski definition) is 1. The van der Waals surface area contributed by atoms with Crippen molar-refractivity contribution in [3.8, 4) is 0 Å². The van der Waals surface area contributed by atoms with Gasteiger partial charge >= 0.3 is 12.1 Å². The molecule has 1 saturated heterocycles. The maximum absolute atomic E-state index is 12.0. The number of aliphatic carboxylic acids is 1. The highest BCUT2D eigenvalue weighted by molar-refractivity contribution is 5.76. The normalized spacial score (nSPS) is 25.3. The van der Waals surface area contributed by atoms with Gasteiger partial charge in [-0.25, -0.2) is 4.79 Å². The number of ether oxygens (including phenoxy) is 1. The lowest BCUT2D eigenvalue weighted by molar-refractivity contribution is -0.144. The summed E-state index contributed by atoms with van der Waals surface area (Å²) in [6.45, 7) is 4.15. The van der Waals surface area contributed by atoms with E-state index in [-0.39, 0.29) is 6.61 Å². The van der Waals surface area contributed by atoms with Gasteiger partial charge in [0, 0.05) is 6.54 Å². The first-order valence-corrected chi connectivity index (χ1v) is 6.40. The highest BCUT2D eigenvalue weighted by Crippen LogP contribution is 2.47. The lowest BCUT2D eigenvalue weighted by Crippen LogP contribution is -2.50. The Labute approximate surface area is 106 Å². The van der Waals surface area contributed by atoms with Gasteiger partial charge in [0.25, 0.3) is 0 Å². The van der Waals surface area contributed by atoms with Crippen molar-refractivity contribution >= 4 is 12.1 Å². The molecule has 5 heteroatoms. The van der Waals surface area contributed by atoms with Gasteiger partial charge in [-0.2, -0.15) is 0 Å². The Morgan fingerprint density at radius 1 is 1.44 bits per heavy atom. The van der Waals surface area contributed by atoms with Crippen molar-refractivity contribution in [2.75, 3.05) is 13.2 Å². The van der Waals surface area contributed by atoms with Gasteiger partial charge in [0.05, 0.1) is 11.5 Å². The van der Waals surface area contributed by atoms with Crippen LogP contribution >= 0.6 is 0 Å². The van der Waals surface area contributed by atoms with Gasteiger partial charge in [-0.1, -0.05) is 25.5 Å². The van der Waals surface area contributed by atoms with Crippen molar-refractivity contribution in [1.29, 1.82) is 0 Å². The second kappa shape index (κ2) is 5.00. The zero-order chi connectivity index (χ0) is 13.2. The number of amides is 1. The van der Waals surface area contributed by atoms with E-state index in [0.29, 0.717) is 13.0 Å². The van der Waals surface area contributed by atoms with Crippen molar-refractivity contribution in [2.45, 2.75) is 37.6 Å². The molecular weight excluding hydrogens is 234 g/mol. The third kappa shape index (κ3) is 1.98. The van der Waals surface area contributed by atoms with E-state index < -0.39 is 23.5 Å². The van der Waals surface area contributed by atoms with E-state index in [1.54, 1.807) is 4.90 Å². The molecule has 2 fully saturated rings. The highest BCUT2D eigenvalue weighted by Gasteiger charge is 2.55. The molecule has 0 aromatic heterocycles. The fourth-order valence-corrected chi connectivity index (χ4v) is 3.38. The minimum Gasteiger partial charge on any atom is -0.481 e. The van der Waals surface area contributed by atoms with E-state index in [1.807, 2.05) is 0 Å². The van der Waals surface area contributed by atoms with Crippen molar-refractivity contribution < 1.29 is 19.4 Å². The molecule has 0 bridgehead atoms. The van der Waals surface area contributed by atoms with Gasteiger partial charge < -0.3 is 14.7 Å². The summed E-state index contributed by atoms with van der Waals surface area (Å²) < 4.78 is 5.07. The molecule has 1 atom stereocenters. The summed E-state index contributed by atoms with van der Waals surface area (Å²) >= 11 is 0. The smallest absolute Gasteiger partial charge is 0.410 e. The first kappa shape index (κ1) is 12.9. The first-order valence-electron chi connectivity index (χ1n) is 6.40. The van der Waals surface area contributed by atoms with E-state index >= 15 is 0 Å². The fourth-order valence-electron chi connectivity index (χ4n) is 3.38. The van der Waals surface area contributed by atoms with Crippen molar-refractivity contribution in [2.24, 2.45) is 5.92 Å². The average Bonchev–Trinajstić information content (AvgIpc) is 2.95. The van der Waals surface area contributed by atoms with Gasteiger partial charge in [-0.05, 0) is 19.3 Å². The molecule has 1 heterocycles. The van der Waals surface area contributed by atoms with Gasteiger partial charge in [-0.3, -0.25) is 4.79 Å². The summed E-state index contributed by atoms with van der Waals surface area (Å²) in [7, 11) is 0. The molecule has 2 aliphatic rings. The second-order valence-electron chi connectivity index (χ2n) is 5.01. The Hall–Kier alpha value is -1.52. The topological polar surface area (TPSA) is 66.8 Å². The van der Waals surface area contributed by atoms with Crippen LogP contribution in [-0.4, -0.2) is 40.8 Å². The van der Waals surface area contributed by atoms with Crippen LogP contribution in [0.3, 0.4) is 0 Å². The molecule has 0 aromatic rings. The van der Waals surface area contributed by atoms with E-state index in [1.165, 1.54) is 6.08 Å². The highest BCUT2D eigenvalue weighted by atomic mass is 16.6. The largest absolute Gasteiger partial charge is 0.481 e. The predicted molar refractivity (Wildman–Crippen MR) is 65.2 cm³/mol. The van der Waals surface area contributed by atoms with Crippen LogP contribution in [0.25, 0.3) is 0 Å². The van der Waals surface area contributed by atoms with Gasteiger partial charge in [0.2, 0.25) is 0 Å². The van der Waals surface area contributed by atoms with E-state index in [2.05, 4.69) is 6.58 Å². The maximum Gasteiger partial charge on any atom is 0.410 e. The Kier molecular flexibility index (Phi) is 3.59. The minimum atomic E-state index is -0.795. The van der Waals surface area contributed by atoms with Crippen LogP contribution in [0, 0.1) is 5.92 Å². The first-order chi connectivity index (χ1) is 8.62. The lowest BCUT2D eigenvalue weighted by Gasteiger charge is -2.36. The molecule has 1 unspecified atom stereocenters. The molecule has 0 aromatic carbocycles. The third-order valence-corrected chi connectivity index (χ3v) is 4.14. The molecular formula is C13H19NO4. The summed E-state index contributed by atoms with van der Waals surface area (Å²) in [5.74, 6) is -1.24. The van der Waals surface area contributed by atoms with Gasteiger partial charge in [-0.15, -0.1) is 0 Å². The van der Waals surface area contributed by atoms with Crippen molar-refractivity contribution in [3.05, 3.63) is 12.7 Å². The molecule has 0 radical (unpaired) electrons. The van der Waals surface area contributed by atoms with Crippen LogP contribution in [0.2, 0.25) is 0 Å². The summed E-state index contributed by atoms with van der Waals surface area (Å²) in [6, 6.07) is 0. The zero-order valence-corrected chi connectivity index (χ0v) is 10.4. The number of rotatable bonds is 3. The van der Waals surface area contributed by atoms with E-state index in [0.717, 1.165) is 25.7 Å². The molecule has 1 amide bonds. The number of likely N-dealkylation sites (tertiary alicyclic amines) is 1. The van der Waals surface area contributed by atoms with E-state index in [4.69, 9.17) is 4.74 Å². The Morgan fingerprint density at radius 2 is 2.11 bits per heavy atom. The molecule has 1 N–H and O–H groups in total.